The van der Waals surface area contributed by atoms with Crippen LogP contribution >= 0.6 is 24.0 Å². The molecule has 0 saturated heterocycles. The predicted octanol–water partition coefficient (Wildman–Crippen LogP) is 3.41. The third-order valence-electron chi connectivity index (χ3n) is 3.49. The van der Waals surface area contributed by atoms with Crippen LogP contribution in [0.5, 0.6) is 5.75 Å². The van der Waals surface area contributed by atoms with Crippen molar-refractivity contribution in [3.8, 4) is 5.75 Å². The van der Waals surface area contributed by atoms with Crippen LogP contribution in [0.3, 0.4) is 0 Å². The molecular formula is C17H28IN3O. The Bertz CT molecular complexity index is 467. The van der Waals surface area contributed by atoms with Crippen LogP contribution in [0.1, 0.15) is 37.3 Å². The first-order chi connectivity index (χ1) is 10.2. The Morgan fingerprint density at radius 2 is 1.95 bits per heavy atom. The molecule has 0 bridgehead atoms. The first-order valence-corrected chi connectivity index (χ1v) is 7.94. The molecule has 0 amide bonds. The van der Waals surface area contributed by atoms with Crippen molar-refractivity contribution in [1.29, 1.82) is 0 Å². The standard InChI is InChI=1S/C17H27N3O.HI/c1-4-18-17(20-15-9-10-15)19-11-6-12-21-16-13(2)7-5-8-14(16)3;/h5,7-8,15H,4,6,9-12H2,1-3H3,(H2,18,19,20);1H. The topological polar surface area (TPSA) is 45.7 Å². The zero-order chi connectivity index (χ0) is 15.1. The molecule has 1 aromatic carbocycles. The van der Waals surface area contributed by atoms with Crippen LogP contribution in [-0.4, -0.2) is 31.7 Å². The SMILES string of the molecule is CCNC(=NCCCOc1c(C)cccc1C)NC1CC1.I. The second-order valence-electron chi connectivity index (χ2n) is 5.60. The van der Waals surface area contributed by atoms with E-state index in [2.05, 4.69) is 54.6 Å². The number of rotatable bonds is 7. The van der Waals surface area contributed by atoms with Crippen LogP contribution < -0.4 is 15.4 Å². The Morgan fingerprint density at radius 3 is 2.55 bits per heavy atom. The summed E-state index contributed by atoms with van der Waals surface area (Å²) in [6, 6.07) is 6.87. The summed E-state index contributed by atoms with van der Waals surface area (Å²) in [5.74, 6) is 1.96. The average molecular weight is 417 g/mol. The van der Waals surface area contributed by atoms with Crippen LogP contribution in [0.25, 0.3) is 0 Å². The Balaban J connectivity index is 0.00000242. The van der Waals surface area contributed by atoms with Crippen LogP contribution in [0.4, 0.5) is 0 Å². The lowest BCUT2D eigenvalue weighted by Crippen LogP contribution is -2.38. The Morgan fingerprint density at radius 1 is 1.27 bits per heavy atom. The average Bonchev–Trinajstić information content (AvgIpc) is 3.25. The number of para-hydroxylation sites is 1. The van der Waals surface area contributed by atoms with E-state index in [1.807, 2.05) is 0 Å². The molecule has 1 aromatic rings. The maximum Gasteiger partial charge on any atom is 0.191 e. The molecule has 22 heavy (non-hydrogen) atoms. The molecule has 1 saturated carbocycles. The van der Waals surface area contributed by atoms with E-state index >= 15 is 0 Å². The lowest BCUT2D eigenvalue weighted by Gasteiger charge is -2.12. The van der Waals surface area contributed by atoms with Gasteiger partial charge in [-0.1, -0.05) is 18.2 Å². The molecule has 0 aliphatic heterocycles. The first kappa shape index (κ1) is 19.1. The highest BCUT2D eigenvalue weighted by atomic mass is 127. The van der Waals surface area contributed by atoms with Crippen LogP contribution in [-0.2, 0) is 0 Å². The zero-order valence-electron chi connectivity index (χ0n) is 13.8. The summed E-state index contributed by atoms with van der Waals surface area (Å²) in [4.78, 5) is 4.58. The quantitative estimate of drug-likeness (QED) is 0.309. The summed E-state index contributed by atoms with van der Waals surface area (Å²) in [5, 5.41) is 6.70. The summed E-state index contributed by atoms with van der Waals surface area (Å²) in [6.07, 6.45) is 3.45. The third kappa shape index (κ3) is 6.42. The van der Waals surface area contributed by atoms with E-state index in [1.165, 1.54) is 24.0 Å². The maximum atomic E-state index is 5.89. The Hall–Kier alpha value is -0.980. The normalized spacial score (nSPS) is 14.2. The van der Waals surface area contributed by atoms with E-state index in [4.69, 9.17) is 4.74 Å². The minimum atomic E-state index is 0. The fourth-order valence-corrected chi connectivity index (χ4v) is 2.20. The van der Waals surface area contributed by atoms with Crippen molar-refractivity contribution in [1.82, 2.24) is 10.6 Å². The molecule has 0 heterocycles. The number of ether oxygens (including phenoxy) is 1. The number of hydrogen-bond acceptors (Lipinski definition) is 2. The van der Waals surface area contributed by atoms with Crippen molar-refractivity contribution in [2.45, 2.75) is 46.1 Å². The van der Waals surface area contributed by atoms with Gasteiger partial charge in [-0.25, -0.2) is 0 Å². The largest absolute Gasteiger partial charge is 0.493 e. The molecule has 1 aliphatic carbocycles. The smallest absolute Gasteiger partial charge is 0.191 e. The molecular weight excluding hydrogens is 389 g/mol. The number of guanidine groups is 1. The highest BCUT2D eigenvalue weighted by Gasteiger charge is 2.21. The molecule has 0 radical (unpaired) electrons. The summed E-state index contributed by atoms with van der Waals surface area (Å²) in [6.45, 7) is 8.66. The van der Waals surface area contributed by atoms with Gasteiger partial charge in [-0.2, -0.15) is 0 Å². The lowest BCUT2D eigenvalue weighted by molar-refractivity contribution is 0.309. The Kier molecular flexibility index (Phi) is 8.60. The molecule has 1 fully saturated rings. The van der Waals surface area contributed by atoms with Crippen LogP contribution in [0, 0.1) is 13.8 Å². The minimum absolute atomic E-state index is 0. The molecule has 4 nitrogen and oxygen atoms in total. The fraction of sp³-hybridized carbons (Fsp3) is 0.588. The van der Waals surface area contributed by atoms with Gasteiger partial charge in [0.1, 0.15) is 5.75 Å². The fourth-order valence-electron chi connectivity index (χ4n) is 2.20. The maximum absolute atomic E-state index is 5.89. The van der Waals surface area contributed by atoms with Gasteiger partial charge < -0.3 is 15.4 Å². The molecule has 0 atom stereocenters. The van der Waals surface area contributed by atoms with Crippen molar-refractivity contribution >= 4 is 29.9 Å². The first-order valence-electron chi connectivity index (χ1n) is 7.94. The van der Waals surface area contributed by atoms with E-state index in [9.17, 15) is 0 Å². The minimum Gasteiger partial charge on any atom is -0.493 e. The van der Waals surface area contributed by atoms with E-state index < -0.39 is 0 Å². The summed E-state index contributed by atoms with van der Waals surface area (Å²) < 4.78 is 5.89. The van der Waals surface area contributed by atoms with E-state index in [0.717, 1.165) is 31.2 Å². The summed E-state index contributed by atoms with van der Waals surface area (Å²) >= 11 is 0. The zero-order valence-corrected chi connectivity index (χ0v) is 16.1. The molecule has 2 rings (SSSR count). The van der Waals surface area contributed by atoms with Gasteiger partial charge in [-0.15, -0.1) is 24.0 Å². The third-order valence-corrected chi connectivity index (χ3v) is 3.49. The second kappa shape index (κ2) is 9.92. The number of halogens is 1. The van der Waals surface area contributed by atoms with Crippen LogP contribution in [0.15, 0.2) is 23.2 Å². The van der Waals surface area contributed by atoms with E-state index in [-0.39, 0.29) is 24.0 Å². The van der Waals surface area contributed by atoms with Gasteiger partial charge in [0.05, 0.1) is 6.61 Å². The molecule has 0 unspecified atom stereocenters. The number of hydrogen-bond donors (Lipinski definition) is 2. The second-order valence-corrected chi connectivity index (χ2v) is 5.60. The van der Waals surface area contributed by atoms with Crippen molar-refractivity contribution in [3.05, 3.63) is 29.3 Å². The highest BCUT2D eigenvalue weighted by molar-refractivity contribution is 14.0. The highest BCUT2D eigenvalue weighted by Crippen LogP contribution is 2.22. The molecule has 2 N–H and O–H groups in total. The van der Waals surface area contributed by atoms with Crippen molar-refractivity contribution < 1.29 is 4.74 Å². The lowest BCUT2D eigenvalue weighted by atomic mass is 10.1. The van der Waals surface area contributed by atoms with Gasteiger partial charge in [0.15, 0.2) is 5.96 Å². The van der Waals surface area contributed by atoms with Gasteiger partial charge in [0.2, 0.25) is 0 Å². The van der Waals surface area contributed by atoms with E-state index in [1.54, 1.807) is 0 Å². The predicted molar refractivity (Wildman–Crippen MR) is 104 cm³/mol. The number of aryl methyl sites for hydroxylation is 2. The number of nitrogens with one attached hydrogen (secondary N) is 2. The van der Waals surface area contributed by atoms with Crippen molar-refractivity contribution in [2.24, 2.45) is 4.99 Å². The molecule has 0 aromatic heterocycles. The van der Waals surface area contributed by atoms with Gasteiger partial charge in [0, 0.05) is 25.6 Å². The van der Waals surface area contributed by atoms with E-state index in [0.29, 0.717) is 12.6 Å². The van der Waals surface area contributed by atoms with Crippen molar-refractivity contribution in [2.75, 3.05) is 19.7 Å². The monoisotopic (exact) mass is 417 g/mol. The van der Waals surface area contributed by atoms with Gasteiger partial charge in [0.25, 0.3) is 0 Å². The molecule has 0 spiro atoms. The molecule has 124 valence electrons. The molecule has 1 aliphatic rings. The number of benzene rings is 1. The van der Waals surface area contributed by atoms with Gasteiger partial charge >= 0.3 is 0 Å². The van der Waals surface area contributed by atoms with Crippen molar-refractivity contribution in [3.63, 3.8) is 0 Å². The van der Waals surface area contributed by atoms with Gasteiger partial charge in [-0.3, -0.25) is 4.99 Å². The summed E-state index contributed by atoms with van der Waals surface area (Å²) in [5.41, 5.74) is 2.39. The number of aliphatic imine (C=N–C) groups is 1. The van der Waals surface area contributed by atoms with Crippen LogP contribution in [0.2, 0.25) is 0 Å². The number of nitrogens with zero attached hydrogens (tertiary/aromatic N) is 1. The molecule has 5 heteroatoms. The summed E-state index contributed by atoms with van der Waals surface area (Å²) in [7, 11) is 0. The van der Waals surface area contributed by atoms with Gasteiger partial charge in [-0.05, 0) is 44.7 Å². The Labute approximate surface area is 151 Å².